The van der Waals surface area contributed by atoms with Gasteiger partial charge in [0.1, 0.15) is 0 Å². The van der Waals surface area contributed by atoms with Crippen molar-refractivity contribution in [2.75, 3.05) is 19.8 Å². The summed E-state index contributed by atoms with van der Waals surface area (Å²) in [6, 6.07) is 0.740. The van der Waals surface area contributed by atoms with Crippen molar-refractivity contribution in [2.45, 2.75) is 84.6 Å². The highest BCUT2D eigenvalue weighted by atomic mass is 16.5. The Morgan fingerprint density at radius 1 is 0.833 bits per heavy atom. The average molecular weight is 257 g/mol. The van der Waals surface area contributed by atoms with Gasteiger partial charge in [0.2, 0.25) is 0 Å². The third-order valence-electron chi connectivity index (χ3n) is 3.41. The molecule has 0 saturated carbocycles. The molecule has 18 heavy (non-hydrogen) atoms. The van der Waals surface area contributed by atoms with Gasteiger partial charge in [0, 0.05) is 19.3 Å². The molecule has 0 heterocycles. The highest BCUT2D eigenvalue weighted by molar-refractivity contribution is 4.67. The number of ether oxygens (including phenoxy) is 1. The molecule has 0 aliphatic carbocycles. The number of nitrogens with one attached hydrogen (secondary N) is 1. The van der Waals surface area contributed by atoms with Crippen LogP contribution in [-0.4, -0.2) is 25.8 Å². The van der Waals surface area contributed by atoms with Gasteiger partial charge in [-0.25, -0.2) is 0 Å². The minimum Gasteiger partial charge on any atom is -0.382 e. The van der Waals surface area contributed by atoms with Crippen LogP contribution in [0.15, 0.2) is 0 Å². The lowest BCUT2D eigenvalue weighted by Crippen LogP contribution is -2.30. The van der Waals surface area contributed by atoms with Gasteiger partial charge in [-0.3, -0.25) is 0 Å². The second kappa shape index (κ2) is 15.0. The lowest BCUT2D eigenvalue weighted by atomic mass is 10.0. The van der Waals surface area contributed by atoms with E-state index in [0.29, 0.717) is 0 Å². The van der Waals surface area contributed by atoms with E-state index >= 15 is 0 Å². The first-order chi connectivity index (χ1) is 8.85. The van der Waals surface area contributed by atoms with Gasteiger partial charge < -0.3 is 10.1 Å². The van der Waals surface area contributed by atoms with Crippen molar-refractivity contribution >= 4 is 0 Å². The summed E-state index contributed by atoms with van der Waals surface area (Å²) in [5.74, 6) is 0. The molecule has 110 valence electrons. The van der Waals surface area contributed by atoms with Crippen molar-refractivity contribution in [3.05, 3.63) is 0 Å². The van der Waals surface area contributed by atoms with Crippen molar-refractivity contribution in [2.24, 2.45) is 0 Å². The fourth-order valence-electron chi connectivity index (χ4n) is 2.25. The van der Waals surface area contributed by atoms with Crippen LogP contribution in [0, 0.1) is 0 Å². The first-order valence-corrected chi connectivity index (χ1v) is 8.16. The van der Waals surface area contributed by atoms with Crippen LogP contribution in [0.3, 0.4) is 0 Å². The van der Waals surface area contributed by atoms with E-state index in [4.69, 9.17) is 4.74 Å². The van der Waals surface area contributed by atoms with Crippen molar-refractivity contribution in [3.8, 4) is 0 Å². The molecule has 0 radical (unpaired) electrons. The normalized spacial score (nSPS) is 11.3. The third-order valence-corrected chi connectivity index (χ3v) is 3.41. The number of hydrogen-bond donors (Lipinski definition) is 1. The highest BCUT2D eigenvalue weighted by Gasteiger charge is 2.06. The Kier molecular flexibility index (Phi) is 14.9. The number of unbranched alkanes of at least 4 members (excludes halogenated alkanes) is 4. The van der Waals surface area contributed by atoms with Crippen molar-refractivity contribution < 1.29 is 4.74 Å². The zero-order valence-electron chi connectivity index (χ0n) is 13.0. The summed E-state index contributed by atoms with van der Waals surface area (Å²) >= 11 is 0. The van der Waals surface area contributed by atoms with Crippen LogP contribution >= 0.6 is 0 Å². The fraction of sp³-hybridized carbons (Fsp3) is 1.00. The molecule has 0 aromatic carbocycles. The Labute approximate surface area is 115 Å². The quantitative estimate of drug-likeness (QED) is 0.462. The van der Waals surface area contributed by atoms with Crippen molar-refractivity contribution in [3.63, 3.8) is 0 Å². The van der Waals surface area contributed by atoms with E-state index in [1.165, 1.54) is 51.4 Å². The highest BCUT2D eigenvalue weighted by Crippen LogP contribution is 2.11. The van der Waals surface area contributed by atoms with E-state index in [-0.39, 0.29) is 0 Å². The standard InChI is InChI=1S/C16H35NO/c1-4-7-9-12-16(13-10-8-5-2)17-14-11-15-18-6-3/h16-17H,4-15H2,1-3H3. The molecule has 2 heteroatoms. The summed E-state index contributed by atoms with van der Waals surface area (Å²) in [6.07, 6.45) is 12.0. The van der Waals surface area contributed by atoms with Gasteiger partial charge in [0.25, 0.3) is 0 Å². The lowest BCUT2D eigenvalue weighted by molar-refractivity contribution is 0.143. The Hall–Kier alpha value is -0.0800. The predicted molar refractivity (Wildman–Crippen MR) is 81.2 cm³/mol. The van der Waals surface area contributed by atoms with Crippen LogP contribution in [0.2, 0.25) is 0 Å². The van der Waals surface area contributed by atoms with Gasteiger partial charge in [0.05, 0.1) is 0 Å². The first kappa shape index (κ1) is 17.9. The van der Waals surface area contributed by atoms with Crippen LogP contribution in [0.25, 0.3) is 0 Å². The molecule has 0 unspecified atom stereocenters. The summed E-state index contributed by atoms with van der Waals surface area (Å²) in [4.78, 5) is 0. The summed E-state index contributed by atoms with van der Waals surface area (Å²) in [5, 5.41) is 3.72. The van der Waals surface area contributed by atoms with Crippen LogP contribution in [-0.2, 0) is 4.74 Å². The lowest BCUT2D eigenvalue weighted by Gasteiger charge is -2.18. The minimum atomic E-state index is 0.740. The molecule has 0 fully saturated rings. The molecule has 0 amide bonds. The van der Waals surface area contributed by atoms with Crippen LogP contribution in [0.4, 0.5) is 0 Å². The van der Waals surface area contributed by atoms with Gasteiger partial charge in [-0.05, 0) is 32.7 Å². The predicted octanol–water partition coefficient (Wildman–Crippen LogP) is 4.53. The van der Waals surface area contributed by atoms with Gasteiger partial charge in [-0.2, -0.15) is 0 Å². The van der Waals surface area contributed by atoms with E-state index in [1.54, 1.807) is 0 Å². The molecule has 0 rings (SSSR count). The maximum Gasteiger partial charge on any atom is 0.0477 e. The zero-order chi connectivity index (χ0) is 13.5. The van der Waals surface area contributed by atoms with E-state index < -0.39 is 0 Å². The zero-order valence-corrected chi connectivity index (χ0v) is 13.0. The van der Waals surface area contributed by atoms with Crippen LogP contribution in [0.1, 0.15) is 78.6 Å². The Morgan fingerprint density at radius 3 is 1.94 bits per heavy atom. The van der Waals surface area contributed by atoms with Crippen LogP contribution < -0.4 is 5.32 Å². The van der Waals surface area contributed by atoms with Crippen molar-refractivity contribution in [1.82, 2.24) is 5.32 Å². The van der Waals surface area contributed by atoms with Crippen molar-refractivity contribution in [1.29, 1.82) is 0 Å². The topological polar surface area (TPSA) is 21.3 Å². The summed E-state index contributed by atoms with van der Waals surface area (Å²) in [7, 11) is 0. The molecule has 0 aromatic heterocycles. The number of hydrogen-bond acceptors (Lipinski definition) is 2. The molecule has 2 nitrogen and oxygen atoms in total. The second-order valence-electron chi connectivity index (χ2n) is 5.19. The third kappa shape index (κ3) is 12.4. The molecule has 0 aliphatic heterocycles. The molecule has 1 N–H and O–H groups in total. The number of rotatable bonds is 14. The molecular weight excluding hydrogens is 222 g/mol. The molecular formula is C16H35NO. The van der Waals surface area contributed by atoms with Gasteiger partial charge >= 0.3 is 0 Å². The largest absolute Gasteiger partial charge is 0.382 e. The van der Waals surface area contributed by atoms with Gasteiger partial charge in [-0.15, -0.1) is 0 Å². The maximum absolute atomic E-state index is 5.37. The first-order valence-electron chi connectivity index (χ1n) is 8.16. The minimum absolute atomic E-state index is 0.740. The van der Waals surface area contributed by atoms with E-state index in [1.807, 2.05) is 0 Å². The molecule has 0 spiro atoms. The van der Waals surface area contributed by atoms with Gasteiger partial charge in [-0.1, -0.05) is 52.4 Å². The van der Waals surface area contributed by atoms with E-state index in [9.17, 15) is 0 Å². The van der Waals surface area contributed by atoms with Gasteiger partial charge in [0.15, 0.2) is 0 Å². The SMILES string of the molecule is CCCCCC(CCCCC)NCCCOCC. The molecule has 0 atom stereocenters. The Morgan fingerprint density at radius 2 is 1.44 bits per heavy atom. The monoisotopic (exact) mass is 257 g/mol. The summed E-state index contributed by atoms with van der Waals surface area (Å²) in [5.41, 5.74) is 0. The summed E-state index contributed by atoms with van der Waals surface area (Å²) in [6.45, 7) is 9.48. The average Bonchev–Trinajstić information content (AvgIpc) is 2.38. The Bertz CT molecular complexity index is 140. The Balaban J connectivity index is 3.60. The summed E-state index contributed by atoms with van der Waals surface area (Å²) < 4.78 is 5.37. The molecule has 0 aromatic rings. The fourth-order valence-corrected chi connectivity index (χ4v) is 2.25. The maximum atomic E-state index is 5.37. The molecule has 0 saturated heterocycles. The van der Waals surface area contributed by atoms with E-state index in [0.717, 1.165) is 32.2 Å². The molecule has 0 bridgehead atoms. The smallest absolute Gasteiger partial charge is 0.0477 e. The molecule has 0 aliphatic rings. The van der Waals surface area contributed by atoms with E-state index in [2.05, 4.69) is 26.1 Å². The van der Waals surface area contributed by atoms with Crippen LogP contribution in [0.5, 0.6) is 0 Å². The second-order valence-corrected chi connectivity index (χ2v) is 5.19.